The van der Waals surface area contributed by atoms with Crippen LogP contribution in [0.3, 0.4) is 0 Å². The SMILES string of the molecule is C[C@@H]1CCCC(C)(C)[C@@]1(O)C(C)(C)[Se+](C)C. The van der Waals surface area contributed by atoms with Gasteiger partial charge >= 0.3 is 106 Å². The molecule has 1 N–H and O–H groups in total. The predicted octanol–water partition coefficient (Wildman–Crippen LogP) is 4.10. The monoisotopic (exact) mass is 293 g/mol. The van der Waals surface area contributed by atoms with Gasteiger partial charge < -0.3 is 0 Å². The Labute approximate surface area is 106 Å². The summed E-state index contributed by atoms with van der Waals surface area (Å²) in [4.78, 5) is 0. The van der Waals surface area contributed by atoms with Gasteiger partial charge in [0.25, 0.3) is 0 Å². The Balaban J connectivity index is 3.21. The van der Waals surface area contributed by atoms with Crippen molar-refractivity contribution in [3.63, 3.8) is 0 Å². The van der Waals surface area contributed by atoms with Gasteiger partial charge in [0.05, 0.1) is 0 Å². The molecule has 0 aromatic carbocycles. The summed E-state index contributed by atoms with van der Waals surface area (Å²) in [6.07, 6.45) is 3.61. The molecule has 0 radical (unpaired) electrons. The van der Waals surface area contributed by atoms with Crippen LogP contribution >= 0.6 is 0 Å². The molecule has 1 aliphatic rings. The van der Waals surface area contributed by atoms with Crippen LogP contribution in [0.25, 0.3) is 0 Å². The minimum atomic E-state index is -0.752. The van der Waals surface area contributed by atoms with E-state index in [9.17, 15) is 5.11 Å². The molecule has 1 fully saturated rings. The quantitative estimate of drug-likeness (QED) is 0.760. The molecule has 96 valence electrons. The fourth-order valence-corrected chi connectivity index (χ4v) is 5.94. The zero-order valence-corrected chi connectivity index (χ0v) is 13.8. The molecule has 0 heterocycles. The van der Waals surface area contributed by atoms with Crippen LogP contribution in [0.1, 0.15) is 53.9 Å². The van der Waals surface area contributed by atoms with Gasteiger partial charge in [0.15, 0.2) is 0 Å². The van der Waals surface area contributed by atoms with Crippen LogP contribution in [0, 0.1) is 11.3 Å². The second-order valence-electron chi connectivity index (χ2n) is 6.77. The Kier molecular flexibility index (Phi) is 3.91. The van der Waals surface area contributed by atoms with E-state index in [0.717, 1.165) is 6.42 Å². The van der Waals surface area contributed by atoms with E-state index in [4.69, 9.17) is 0 Å². The summed E-state index contributed by atoms with van der Waals surface area (Å²) < 4.78 is 0.0936. The van der Waals surface area contributed by atoms with E-state index >= 15 is 0 Å². The number of aliphatic hydroxyl groups is 1. The van der Waals surface area contributed by atoms with Crippen LogP contribution in [0.15, 0.2) is 0 Å². The first-order chi connectivity index (χ1) is 7.07. The molecule has 1 aliphatic carbocycles. The van der Waals surface area contributed by atoms with Gasteiger partial charge in [-0.15, -0.1) is 0 Å². The van der Waals surface area contributed by atoms with Crippen molar-refractivity contribution >= 4 is 13.9 Å². The first-order valence-electron chi connectivity index (χ1n) is 6.37. The molecule has 0 aliphatic heterocycles. The number of rotatable bonds is 2. The van der Waals surface area contributed by atoms with Gasteiger partial charge in [-0.3, -0.25) is 0 Å². The van der Waals surface area contributed by atoms with E-state index < -0.39 is 19.5 Å². The van der Waals surface area contributed by atoms with E-state index in [2.05, 4.69) is 46.3 Å². The van der Waals surface area contributed by atoms with Gasteiger partial charge in [0.1, 0.15) is 0 Å². The van der Waals surface area contributed by atoms with Crippen molar-refractivity contribution in [1.82, 2.24) is 0 Å². The maximum absolute atomic E-state index is 11.4. The molecule has 0 aromatic heterocycles. The van der Waals surface area contributed by atoms with Crippen LogP contribution in [-0.2, 0) is 0 Å². The van der Waals surface area contributed by atoms with Gasteiger partial charge in [0, 0.05) is 0 Å². The summed E-state index contributed by atoms with van der Waals surface area (Å²) in [5.41, 5.74) is -0.436. The fraction of sp³-hybridized carbons (Fsp3) is 1.00. The van der Waals surface area contributed by atoms with Gasteiger partial charge in [0.2, 0.25) is 0 Å². The molecule has 0 aromatic rings. The summed E-state index contributed by atoms with van der Waals surface area (Å²) in [6, 6.07) is 0. The van der Waals surface area contributed by atoms with E-state index in [-0.39, 0.29) is 9.73 Å². The van der Waals surface area contributed by atoms with Gasteiger partial charge in [-0.2, -0.15) is 0 Å². The van der Waals surface area contributed by atoms with Crippen molar-refractivity contribution in [2.45, 2.75) is 75.4 Å². The van der Waals surface area contributed by atoms with Crippen molar-refractivity contribution in [1.29, 1.82) is 0 Å². The van der Waals surface area contributed by atoms with E-state index in [0.29, 0.717) is 5.92 Å². The summed E-state index contributed by atoms with van der Waals surface area (Å²) in [5, 5.41) is 11.4. The third-order valence-electron chi connectivity index (χ3n) is 5.12. The Morgan fingerprint density at radius 1 is 1.25 bits per heavy atom. The Bertz CT molecular complexity index is 257. The molecule has 16 heavy (non-hydrogen) atoms. The first kappa shape index (κ1) is 14.5. The summed E-state index contributed by atoms with van der Waals surface area (Å²) in [5.74, 6) is 5.14. The predicted molar refractivity (Wildman–Crippen MR) is 73.3 cm³/mol. The molecule has 0 amide bonds. The van der Waals surface area contributed by atoms with Crippen LogP contribution in [-0.4, -0.2) is 24.6 Å². The van der Waals surface area contributed by atoms with Crippen LogP contribution in [0.5, 0.6) is 0 Å². The number of hydrogen-bond acceptors (Lipinski definition) is 1. The first-order valence-corrected chi connectivity index (χ1v) is 10.7. The van der Waals surface area contributed by atoms with Crippen molar-refractivity contribution in [3.05, 3.63) is 0 Å². The molecule has 0 unspecified atom stereocenters. The number of hydrogen-bond donors (Lipinski definition) is 1. The molecular weight excluding hydrogens is 263 g/mol. The summed E-state index contributed by atoms with van der Waals surface area (Å²) in [6.45, 7) is 11.4. The van der Waals surface area contributed by atoms with Crippen LogP contribution in [0.4, 0.5) is 0 Å². The molecule has 0 spiro atoms. The third kappa shape index (κ3) is 1.87. The zero-order valence-electron chi connectivity index (χ0n) is 12.1. The Morgan fingerprint density at radius 2 is 1.75 bits per heavy atom. The average Bonchev–Trinajstić information content (AvgIpc) is 2.13. The molecule has 2 atom stereocenters. The van der Waals surface area contributed by atoms with Crippen molar-refractivity contribution in [2.24, 2.45) is 11.3 Å². The van der Waals surface area contributed by atoms with Crippen LogP contribution in [0.2, 0.25) is 16.0 Å². The Morgan fingerprint density at radius 3 is 2.12 bits per heavy atom. The van der Waals surface area contributed by atoms with Crippen molar-refractivity contribution in [3.8, 4) is 0 Å². The molecule has 1 rings (SSSR count). The topological polar surface area (TPSA) is 20.2 Å². The zero-order chi connectivity index (χ0) is 12.8. The molecule has 0 saturated heterocycles. The summed E-state index contributed by atoms with van der Waals surface area (Å²) in [7, 11) is 0. The molecule has 1 saturated carbocycles. The normalized spacial score (nSPS) is 35.4. The van der Waals surface area contributed by atoms with Crippen molar-refractivity contribution < 1.29 is 5.11 Å². The molecule has 0 bridgehead atoms. The second-order valence-corrected chi connectivity index (χ2v) is 12.3. The van der Waals surface area contributed by atoms with Crippen LogP contribution < -0.4 is 0 Å². The minimum absolute atomic E-state index is 0.0575. The maximum atomic E-state index is 11.4. The van der Waals surface area contributed by atoms with Crippen molar-refractivity contribution in [2.75, 3.05) is 0 Å². The third-order valence-corrected chi connectivity index (χ3v) is 10.1. The van der Waals surface area contributed by atoms with Gasteiger partial charge in [-0.05, 0) is 0 Å². The van der Waals surface area contributed by atoms with E-state index in [1.165, 1.54) is 12.8 Å². The van der Waals surface area contributed by atoms with Gasteiger partial charge in [-0.25, -0.2) is 0 Å². The standard InChI is InChI=1S/C14H29OSe/c1-11-9-8-10-12(2,3)14(11,15)13(4,5)16(6)7/h11,15H,8-10H2,1-7H3/q+1/t11-,14-/m1/s1. The molecule has 1 nitrogen and oxygen atoms in total. The second kappa shape index (κ2) is 4.30. The fourth-order valence-electron chi connectivity index (χ4n) is 3.64. The average molecular weight is 292 g/mol. The molecular formula is C14H29OSe+. The van der Waals surface area contributed by atoms with E-state index in [1.54, 1.807) is 0 Å². The van der Waals surface area contributed by atoms with E-state index in [1.807, 2.05) is 0 Å². The summed E-state index contributed by atoms with van der Waals surface area (Å²) >= 11 is -0.752. The Hall–Kier alpha value is 0.479. The van der Waals surface area contributed by atoms with Gasteiger partial charge in [-0.1, -0.05) is 0 Å². The molecule has 2 heteroatoms.